The smallest absolute Gasteiger partial charge is 0.210 e. The van der Waals surface area contributed by atoms with Gasteiger partial charge in [-0.25, -0.2) is 13.1 Å². The number of halogens is 1. The van der Waals surface area contributed by atoms with Gasteiger partial charge in [0, 0.05) is 16.2 Å². The van der Waals surface area contributed by atoms with Crippen molar-refractivity contribution in [2.24, 2.45) is 5.92 Å². The summed E-state index contributed by atoms with van der Waals surface area (Å²) in [5, 5.41) is 0. The van der Waals surface area contributed by atoms with Gasteiger partial charge in [-0.3, -0.25) is 0 Å². The molecule has 0 radical (unpaired) electrons. The first-order valence-corrected chi connectivity index (χ1v) is 9.39. The van der Waals surface area contributed by atoms with Gasteiger partial charge in [0.15, 0.2) is 0 Å². The summed E-state index contributed by atoms with van der Waals surface area (Å²) in [6, 6.07) is 3.52. The zero-order valence-corrected chi connectivity index (χ0v) is 13.6. The van der Waals surface area contributed by atoms with Crippen molar-refractivity contribution >= 4 is 37.3 Å². The van der Waals surface area contributed by atoms with Crippen LogP contribution in [0.5, 0.6) is 0 Å². The van der Waals surface area contributed by atoms with Gasteiger partial charge in [0.1, 0.15) is 4.21 Å². The highest BCUT2D eigenvalue weighted by Crippen LogP contribution is 2.28. The van der Waals surface area contributed by atoms with Crippen molar-refractivity contribution in [1.82, 2.24) is 4.72 Å². The molecule has 1 aliphatic carbocycles. The maximum absolute atomic E-state index is 12.0. The van der Waals surface area contributed by atoms with Gasteiger partial charge in [-0.2, -0.15) is 0 Å². The third-order valence-corrected chi connectivity index (χ3v) is 7.15. The summed E-state index contributed by atoms with van der Waals surface area (Å²) >= 11 is 4.93. The second kappa shape index (κ2) is 6.03. The molecule has 1 aromatic heterocycles. The molecule has 102 valence electrons. The summed E-state index contributed by atoms with van der Waals surface area (Å²) in [7, 11) is -3.30. The molecule has 1 N–H and O–H groups in total. The van der Waals surface area contributed by atoms with Crippen molar-refractivity contribution in [3.8, 4) is 0 Å². The molecule has 0 aliphatic heterocycles. The average Bonchev–Trinajstić information content (AvgIpc) is 2.76. The number of hydrogen-bond donors (Lipinski definition) is 1. The van der Waals surface area contributed by atoms with Crippen molar-refractivity contribution in [3.63, 3.8) is 0 Å². The van der Waals surface area contributed by atoms with Crippen LogP contribution in [0.25, 0.3) is 0 Å². The van der Waals surface area contributed by atoms with Crippen molar-refractivity contribution in [2.45, 2.75) is 41.6 Å². The van der Waals surface area contributed by atoms with Gasteiger partial charge < -0.3 is 0 Å². The minimum atomic E-state index is -3.30. The lowest BCUT2D eigenvalue weighted by atomic mass is 9.89. The molecule has 0 unspecified atom stereocenters. The number of hydrogen-bond acceptors (Lipinski definition) is 3. The predicted octanol–water partition coefficient (Wildman–Crippen LogP) is 3.29. The van der Waals surface area contributed by atoms with Gasteiger partial charge in [0.05, 0.1) is 0 Å². The number of aryl methyl sites for hydroxylation is 1. The van der Waals surface area contributed by atoms with Gasteiger partial charge in [0.25, 0.3) is 0 Å². The second-order valence-corrected chi connectivity index (χ2v) is 9.41. The monoisotopic (exact) mass is 351 g/mol. The highest BCUT2D eigenvalue weighted by Gasteiger charge is 2.22. The van der Waals surface area contributed by atoms with E-state index in [-0.39, 0.29) is 0 Å². The third-order valence-electron chi connectivity index (χ3n) is 3.32. The van der Waals surface area contributed by atoms with Gasteiger partial charge in [0.2, 0.25) is 10.0 Å². The summed E-state index contributed by atoms with van der Waals surface area (Å²) in [4.78, 5) is 1.64. The summed E-state index contributed by atoms with van der Waals surface area (Å²) in [5.74, 6) is 0.481. The quantitative estimate of drug-likeness (QED) is 0.846. The summed E-state index contributed by atoms with van der Waals surface area (Å²) in [5.41, 5.74) is 0. The van der Waals surface area contributed by atoms with Gasteiger partial charge in [-0.1, -0.05) is 15.9 Å². The molecule has 3 nitrogen and oxygen atoms in total. The van der Waals surface area contributed by atoms with Crippen LogP contribution in [0.3, 0.4) is 0 Å². The Balaban J connectivity index is 1.90. The van der Waals surface area contributed by atoms with Crippen LogP contribution in [0, 0.1) is 12.8 Å². The van der Waals surface area contributed by atoms with Crippen molar-refractivity contribution in [3.05, 3.63) is 17.0 Å². The molecule has 0 amide bonds. The normalized spacial score (nSPS) is 25.2. The molecule has 0 saturated heterocycles. The summed E-state index contributed by atoms with van der Waals surface area (Å²) < 4.78 is 27.3. The van der Waals surface area contributed by atoms with Crippen molar-refractivity contribution in [1.29, 1.82) is 0 Å². The Labute approximate surface area is 121 Å². The molecular formula is C12H18BrNO2S2. The first-order chi connectivity index (χ1) is 8.47. The number of alkyl halides is 1. The number of sulfonamides is 1. The highest BCUT2D eigenvalue weighted by molar-refractivity contribution is 9.09. The van der Waals surface area contributed by atoms with Crippen LogP contribution < -0.4 is 4.72 Å². The van der Waals surface area contributed by atoms with Gasteiger partial charge in [-0.05, 0) is 50.7 Å². The summed E-state index contributed by atoms with van der Waals surface area (Å²) in [6.45, 7) is 2.49. The minimum Gasteiger partial charge on any atom is -0.210 e. The maximum atomic E-state index is 12.0. The molecule has 1 fully saturated rings. The largest absolute Gasteiger partial charge is 0.250 e. The first kappa shape index (κ1) is 14.5. The SMILES string of the molecule is Cc1ccc(S(=O)(=O)NCC2CCC(Br)CC2)s1. The van der Waals surface area contributed by atoms with E-state index < -0.39 is 10.0 Å². The highest BCUT2D eigenvalue weighted by atomic mass is 79.9. The fourth-order valence-corrected chi connectivity index (χ4v) is 5.15. The van der Waals surface area contributed by atoms with E-state index in [1.807, 2.05) is 13.0 Å². The van der Waals surface area contributed by atoms with Crippen molar-refractivity contribution < 1.29 is 8.42 Å². The van der Waals surface area contributed by atoms with Gasteiger partial charge >= 0.3 is 0 Å². The van der Waals surface area contributed by atoms with E-state index >= 15 is 0 Å². The molecule has 1 aromatic rings. The molecule has 0 atom stereocenters. The molecular weight excluding hydrogens is 334 g/mol. The lowest BCUT2D eigenvalue weighted by Gasteiger charge is -2.25. The molecule has 0 spiro atoms. The Hall–Kier alpha value is 0.0900. The van der Waals surface area contributed by atoms with Crippen LogP contribution in [0.4, 0.5) is 0 Å². The molecule has 1 heterocycles. The van der Waals surface area contributed by atoms with Crippen LogP contribution in [-0.4, -0.2) is 19.8 Å². The topological polar surface area (TPSA) is 46.2 Å². The minimum absolute atomic E-state index is 0.425. The second-order valence-electron chi connectivity index (χ2n) is 4.83. The molecule has 1 saturated carbocycles. The molecule has 1 aliphatic rings. The Morgan fingerprint density at radius 3 is 2.56 bits per heavy atom. The van der Waals surface area contributed by atoms with E-state index in [4.69, 9.17) is 0 Å². The van der Waals surface area contributed by atoms with Crippen LogP contribution >= 0.6 is 27.3 Å². The van der Waals surface area contributed by atoms with Crippen LogP contribution in [0.15, 0.2) is 16.3 Å². The summed E-state index contributed by atoms with van der Waals surface area (Å²) in [6.07, 6.45) is 4.48. The number of rotatable bonds is 4. The fraction of sp³-hybridized carbons (Fsp3) is 0.667. The molecule has 0 bridgehead atoms. The lowest BCUT2D eigenvalue weighted by molar-refractivity contribution is 0.366. The Kier molecular flexibility index (Phi) is 4.86. The zero-order valence-electron chi connectivity index (χ0n) is 10.4. The Morgan fingerprint density at radius 2 is 2.00 bits per heavy atom. The van der Waals surface area contributed by atoms with E-state index in [0.717, 1.165) is 30.6 Å². The maximum Gasteiger partial charge on any atom is 0.250 e. The fourth-order valence-electron chi connectivity index (χ4n) is 2.18. The van der Waals surface area contributed by atoms with E-state index in [9.17, 15) is 8.42 Å². The van der Waals surface area contributed by atoms with E-state index in [1.165, 1.54) is 11.3 Å². The van der Waals surface area contributed by atoms with Crippen LogP contribution in [0.2, 0.25) is 0 Å². The van der Waals surface area contributed by atoms with E-state index in [2.05, 4.69) is 20.7 Å². The van der Waals surface area contributed by atoms with Crippen LogP contribution in [0.1, 0.15) is 30.6 Å². The molecule has 18 heavy (non-hydrogen) atoms. The predicted molar refractivity (Wildman–Crippen MR) is 78.9 cm³/mol. The van der Waals surface area contributed by atoms with E-state index in [1.54, 1.807) is 6.07 Å². The standard InChI is InChI=1S/C12H18BrNO2S2/c1-9-2-7-12(17-9)18(15,16)14-8-10-3-5-11(13)6-4-10/h2,7,10-11,14H,3-6,8H2,1H3. The average molecular weight is 352 g/mol. The molecule has 0 aromatic carbocycles. The van der Waals surface area contributed by atoms with Gasteiger partial charge in [-0.15, -0.1) is 11.3 Å². The molecule has 6 heteroatoms. The van der Waals surface area contributed by atoms with Crippen LogP contribution in [-0.2, 0) is 10.0 Å². The number of nitrogens with one attached hydrogen (secondary N) is 1. The lowest BCUT2D eigenvalue weighted by Crippen LogP contribution is -2.31. The van der Waals surface area contributed by atoms with Crippen molar-refractivity contribution in [2.75, 3.05) is 6.54 Å². The molecule has 2 rings (SSSR count). The number of thiophene rings is 1. The Bertz CT molecular complexity index is 490. The van der Waals surface area contributed by atoms with E-state index in [0.29, 0.717) is 21.5 Å². The first-order valence-electron chi connectivity index (χ1n) is 6.17. The zero-order chi connectivity index (χ0) is 13.2. The Morgan fingerprint density at radius 1 is 1.33 bits per heavy atom. The third kappa shape index (κ3) is 3.79.